The van der Waals surface area contributed by atoms with Crippen LogP contribution in [0.5, 0.6) is 0 Å². The van der Waals surface area contributed by atoms with Gasteiger partial charge in [-0.1, -0.05) is 20.8 Å². The second-order valence-corrected chi connectivity index (χ2v) is 10.7. The van der Waals surface area contributed by atoms with E-state index < -0.39 is 6.04 Å². The summed E-state index contributed by atoms with van der Waals surface area (Å²) in [6.07, 6.45) is 4.13. The molecule has 28 heavy (non-hydrogen) atoms. The largest absolute Gasteiger partial charge is 0.464 e. The summed E-state index contributed by atoms with van der Waals surface area (Å²) in [5.41, 5.74) is 0.286. The number of ether oxygens (including phenoxy) is 2. The van der Waals surface area contributed by atoms with E-state index in [9.17, 15) is 9.59 Å². The predicted molar refractivity (Wildman–Crippen MR) is 111 cm³/mol. The van der Waals surface area contributed by atoms with Crippen LogP contribution in [0.15, 0.2) is 0 Å². The fourth-order valence-corrected chi connectivity index (χ4v) is 6.47. The van der Waals surface area contributed by atoms with E-state index in [0.717, 1.165) is 38.8 Å². The van der Waals surface area contributed by atoms with Crippen molar-refractivity contribution < 1.29 is 19.1 Å². The van der Waals surface area contributed by atoms with Crippen LogP contribution in [-0.4, -0.2) is 77.8 Å². The first-order valence-corrected chi connectivity index (χ1v) is 11.7. The van der Waals surface area contributed by atoms with Gasteiger partial charge in [-0.25, -0.2) is 4.79 Å². The molecular formula is C21H36N2O4S. The Morgan fingerprint density at radius 1 is 1.18 bits per heavy atom. The molecule has 0 aromatic rings. The number of amides is 1. The summed E-state index contributed by atoms with van der Waals surface area (Å²) in [6, 6.07) is -0.454. The van der Waals surface area contributed by atoms with Crippen molar-refractivity contribution in [3.05, 3.63) is 0 Å². The number of thioether (sulfide) groups is 1. The first kappa shape index (κ1) is 21.9. The van der Waals surface area contributed by atoms with Crippen LogP contribution in [-0.2, 0) is 19.1 Å². The van der Waals surface area contributed by atoms with E-state index in [1.165, 1.54) is 0 Å². The maximum Gasteiger partial charge on any atom is 0.329 e. The van der Waals surface area contributed by atoms with Gasteiger partial charge in [0, 0.05) is 18.8 Å². The number of hydrogen-bond acceptors (Lipinski definition) is 6. The lowest BCUT2D eigenvalue weighted by molar-refractivity contribution is -0.157. The average molecular weight is 413 g/mol. The minimum atomic E-state index is -0.454. The van der Waals surface area contributed by atoms with Crippen molar-refractivity contribution in [1.82, 2.24) is 9.80 Å². The van der Waals surface area contributed by atoms with Crippen LogP contribution in [0.2, 0.25) is 0 Å². The number of carbonyl (C=O) groups is 2. The zero-order chi connectivity index (χ0) is 20.4. The fourth-order valence-electron chi connectivity index (χ4n) is 4.82. The number of carbonyl (C=O) groups excluding carboxylic acids is 2. The third-order valence-electron chi connectivity index (χ3n) is 6.54. The van der Waals surface area contributed by atoms with Gasteiger partial charge in [0.2, 0.25) is 5.91 Å². The topological polar surface area (TPSA) is 59.1 Å². The second kappa shape index (κ2) is 8.92. The van der Waals surface area contributed by atoms with Crippen molar-refractivity contribution in [2.24, 2.45) is 11.3 Å². The van der Waals surface area contributed by atoms with Gasteiger partial charge in [0.05, 0.1) is 31.2 Å². The van der Waals surface area contributed by atoms with Crippen LogP contribution >= 0.6 is 11.8 Å². The molecule has 1 spiro atoms. The molecule has 3 aliphatic rings. The normalized spacial score (nSPS) is 31.9. The summed E-state index contributed by atoms with van der Waals surface area (Å²) in [6.45, 7) is 12.3. The Labute approximate surface area is 173 Å². The van der Waals surface area contributed by atoms with Gasteiger partial charge >= 0.3 is 5.97 Å². The van der Waals surface area contributed by atoms with Crippen LogP contribution in [0.4, 0.5) is 0 Å². The van der Waals surface area contributed by atoms with E-state index in [-0.39, 0.29) is 22.2 Å². The predicted octanol–water partition coefficient (Wildman–Crippen LogP) is 2.76. The maximum absolute atomic E-state index is 13.4. The molecule has 0 N–H and O–H groups in total. The van der Waals surface area contributed by atoms with E-state index in [4.69, 9.17) is 9.47 Å². The van der Waals surface area contributed by atoms with Gasteiger partial charge in [-0.15, -0.1) is 11.8 Å². The molecule has 6 nitrogen and oxygen atoms in total. The van der Waals surface area contributed by atoms with Crippen molar-refractivity contribution in [3.63, 3.8) is 0 Å². The van der Waals surface area contributed by atoms with Crippen LogP contribution in [0.3, 0.4) is 0 Å². The molecule has 1 unspecified atom stereocenters. The monoisotopic (exact) mass is 412 g/mol. The Morgan fingerprint density at radius 3 is 2.39 bits per heavy atom. The summed E-state index contributed by atoms with van der Waals surface area (Å²) in [7, 11) is 0. The number of nitrogens with zero attached hydrogens (tertiary/aromatic N) is 2. The standard InChI is InChI=1S/C21H36N2O4S/c1-5-27-19(25)17-15-28-21(8-6-16(7-9-21)20(2,3)4)23(17)18(24)14-22-10-12-26-13-11-22/h16-17H,5-15H2,1-4H3. The smallest absolute Gasteiger partial charge is 0.329 e. The van der Waals surface area contributed by atoms with Gasteiger partial charge in [-0.3, -0.25) is 9.69 Å². The van der Waals surface area contributed by atoms with E-state index >= 15 is 0 Å². The first-order valence-electron chi connectivity index (χ1n) is 10.7. The van der Waals surface area contributed by atoms with Gasteiger partial charge in [0.1, 0.15) is 6.04 Å². The molecule has 160 valence electrons. The average Bonchev–Trinajstić information content (AvgIpc) is 3.01. The molecule has 0 bridgehead atoms. The van der Waals surface area contributed by atoms with Crippen molar-refractivity contribution in [3.8, 4) is 0 Å². The Hall–Kier alpha value is -0.790. The molecule has 2 aliphatic heterocycles. The lowest BCUT2D eigenvalue weighted by atomic mass is 9.71. The highest BCUT2D eigenvalue weighted by Gasteiger charge is 2.54. The molecule has 1 amide bonds. The molecule has 2 heterocycles. The van der Waals surface area contributed by atoms with E-state index in [0.29, 0.717) is 38.0 Å². The molecular weight excluding hydrogens is 376 g/mol. The molecule has 1 atom stereocenters. The van der Waals surface area contributed by atoms with Gasteiger partial charge in [0.25, 0.3) is 0 Å². The van der Waals surface area contributed by atoms with E-state index in [1.54, 1.807) is 11.8 Å². The fraction of sp³-hybridized carbons (Fsp3) is 0.905. The minimum absolute atomic E-state index is 0.0687. The van der Waals surface area contributed by atoms with E-state index in [2.05, 4.69) is 25.7 Å². The lowest BCUT2D eigenvalue weighted by Gasteiger charge is -2.47. The Morgan fingerprint density at radius 2 is 1.82 bits per heavy atom. The van der Waals surface area contributed by atoms with Crippen LogP contribution in [0.1, 0.15) is 53.4 Å². The van der Waals surface area contributed by atoms with Gasteiger partial charge in [-0.05, 0) is 43.9 Å². The Bertz CT molecular complexity index is 563. The van der Waals surface area contributed by atoms with Crippen molar-refractivity contribution >= 4 is 23.6 Å². The maximum atomic E-state index is 13.4. The van der Waals surface area contributed by atoms with Gasteiger partial charge in [0.15, 0.2) is 0 Å². The zero-order valence-corrected chi connectivity index (χ0v) is 18.7. The number of esters is 1. The molecule has 1 aliphatic carbocycles. The summed E-state index contributed by atoms with van der Waals surface area (Å²) in [5.74, 6) is 1.13. The van der Waals surface area contributed by atoms with Gasteiger partial charge in [-0.2, -0.15) is 0 Å². The van der Waals surface area contributed by atoms with Gasteiger partial charge < -0.3 is 14.4 Å². The molecule has 3 rings (SSSR count). The summed E-state index contributed by atoms with van der Waals surface area (Å²) in [4.78, 5) is 29.9. The molecule has 0 aromatic heterocycles. The Kier molecular flexibility index (Phi) is 6.98. The zero-order valence-electron chi connectivity index (χ0n) is 17.9. The van der Waals surface area contributed by atoms with Crippen LogP contribution in [0.25, 0.3) is 0 Å². The molecule has 0 radical (unpaired) electrons. The lowest BCUT2D eigenvalue weighted by Crippen LogP contribution is -2.57. The molecule has 7 heteroatoms. The van der Waals surface area contributed by atoms with Crippen LogP contribution < -0.4 is 0 Å². The Balaban J connectivity index is 1.76. The molecule has 3 fully saturated rings. The van der Waals surface area contributed by atoms with E-state index in [1.807, 2.05) is 11.8 Å². The minimum Gasteiger partial charge on any atom is -0.464 e. The van der Waals surface area contributed by atoms with Crippen molar-refractivity contribution in [1.29, 1.82) is 0 Å². The second-order valence-electron chi connectivity index (χ2n) is 9.32. The quantitative estimate of drug-likeness (QED) is 0.662. The number of rotatable bonds is 4. The highest BCUT2D eigenvalue weighted by molar-refractivity contribution is 8.01. The third kappa shape index (κ3) is 4.68. The summed E-state index contributed by atoms with van der Waals surface area (Å²) < 4.78 is 10.7. The third-order valence-corrected chi connectivity index (χ3v) is 8.17. The number of morpholine rings is 1. The molecule has 1 saturated carbocycles. The molecule has 2 saturated heterocycles. The van der Waals surface area contributed by atoms with Crippen LogP contribution in [0, 0.1) is 11.3 Å². The summed E-state index contributed by atoms with van der Waals surface area (Å²) >= 11 is 1.80. The molecule has 0 aromatic carbocycles. The highest BCUT2D eigenvalue weighted by atomic mass is 32.2. The number of hydrogen-bond donors (Lipinski definition) is 0. The van der Waals surface area contributed by atoms with Crippen molar-refractivity contribution in [2.75, 3.05) is 45.2 Å². The highest BCUT2D eigenvalue weighted by Crippen LogP contribution is 2.53. The summed E-state index contributed by atoms with van der Waals surface area (Å²) in [5, 5.41) is 0. The van der Waals surface area contributed by atoms with Crippen molar-refractivity contribution in [2.45, 2.75) is 64.3 Å². The first-order chi connectivity index (χ1) is 13.3. The SMILES string of the molecule is CCOC(=O)C1CSC2(CCC(C(C)(C)C)CC2)N1C(=O)CN1CCOCC1.